The van der Waals surface area contributed by atoms with E-state index >= 15 is 0 Å². The van der Waals surface area contributed by atoms with E-state index in [-0.39, 0.29) is 6.61 Å². The second-order valence-corrected chi connectivity index (χ2v) is 4.63. The van der Waals surface area contributed by atoms with Crippen molar-refractivity contribution >= 4 is 17.6 Å². The van der Waals surface area contributed by atoms with Crippen LogP contribution >= 0.6 is 11.6 Å². The third-order valence-corrected chi connectivity index (χ3v) is 3.00. The van der Waals surface area contributed by atoms with Gasteiger partial charge in [-0.3, -0.25) is 0 Å². The number of aliphatic hydroxyl groups excluding tert-OH is 1. The third-order valence-electron chi connectivity index (χ3n) is 2.64. The van der Waals surface area contributed by atoms with E-state index in [2.05, 4.69) is 9.47 Å². The molecule has 21 heavy (non-hydrogen) atoms. The lowest BCUT2D eigenvalue weighted by molar-refractivity contribution is -0.152. The van der Waals surface area contributed by atoms with E-state index in [1.54, 1.807) is 6.92 Å². The number of ether oxygens (including phenoxy) is 2. The van der Waals surface area contributed by atoms with Crippen molar-refractivity contribution in [3.63, 3.8) is 0 Å². The summed E-state index contributed by atoms with van der Waals surface area (Å²) >= 11 is 5.42. The van der Waals surface area contributed by atoms with Crippen molar-refractivity contribution in [3.8, 4) is 5.75 Å². The topological polar surface area (TPSA) is 55.8 Å². The molecular weight excluding hydrogens is 313 g/mol. The van der Waals surface area contributed by atoms with Gasteiger partial charge in [0.2, 0.25) is 0 Å². The van der Waals surface area contributed by atoms with Crippen molar-refractivity contribution in [2.75, 3.05) is 13.7 Å². The highest BCUT2D eigenvalue weighted by atomic mass is 35.5. The minimum Gasteiger partial charge on any atom is -0.491 e. The fraction of sp³-hybridized carbons (Fsp3) is 0.462. The van der Waals surface area contributed by atoms with Gasteiger partial charge < -0.3 is 14.6 Å². The Hall–Kier alpha value is -1.47. The number of carbonyl (C=O) groups is 1. The first-order valence-electron chi connectivity index (χ1n) is 6.02. The lowest BCUT2D eigenvalue weighted by Gasteiger charge is -2.20. The molecule has 1 aromatic rings. The summed E-state index contributed by atoms with van der Waals surface area (Å²) in [5, 5.41) is 5.64. The Morgan fingerprint density at radius 3 is 2.52 bits per heavy atom. The number of aliphatic hydroxyl groups is 1. The maximum atomic E-state index is 14.4. The van der Waals surface area contributed by atoms with Crippen LogP contribution in [0.2, 0.25) is 0 Å². The number of alkyl halides is 2. The first-order chi connectivity index (χ1) is 9.81. The molecule has 1 atom stereocenters. The Morgan fingerprint density at radius 2 is 2.05 bits per heavy atom. The van der Waals surface area contributed by atoms with E-state index in [0.29, 0.717) is 12.5 Å². The van der Waals surface area contributed by atoms with Crippen LogP contribution in [0.3, 0.4) is 0 Å². The average Bonchev–Trinajstić information content (AvgIpc) is 2.45. The van der Waals surface area contributed by atoms with Gasteiger partial charge in [0.1, 0.15) is 0 Å². The molecule has 0 heterocycles. The molecule has 0 aliphatic rings. The van der Waals surface area contributed by atoms with E-state index in [4.69, 9.17) is 16.7 Å². The summed E-state index contributed by atoms with van der Waals surface area (Å²) in [6, 6.07) is 0.618. The summed E-state index contributed by atoms with van der Waals surface area (Å²) in [5.74, 6) is -5.14. The zero-order valence-electron chi connectivity index (χ0n) is 11.4. The Bertz CT molecular complexity index is 535. The molecule has 118 valence electrons. The molecule has 1 N–H and O–H groups in total. The SMILES string of the molecule is CCCOC(=O)C(F)(Cl)c1cc(CO)c(F)c(OC)c1F. The Labute approximate surface area is 124 Å². The molecule has 0 aromatic heterocycles. The van der Waals surface area contributed by atoms with Crippen LogP contribution in [-0.4, -0.2) is 24.8 Å². The number of benzene rings is 1. The van der Waals surface area contributed by atoms with E-state index in [9.17, 15) is 18.0 Å². The zero-order chi connectivity index (χ0) is 16.2. The van der Waals surface area contributed by atoms with Crippen molar-refractivity contribution in [2.45, 2.75) is 25.1 Å². The molecule has 0 fully saturated rings. The van der Waals surface area contributed by atoms with E-state index < -0.39 is 46.2 Å². The number of hydrogen-bond acceptors (Lipinski definition) is 4. The Morgan fingerprint density at radius 1 is 1.43 bits per heavy atom. The molecule has 1 rings (SSSR count). The Balaban J connectivity index is 3.37. The van der Waals surface area contributed by atoms with Gasteiger partial charge in [0, 0.05) is 5.56 Å². The number of carbonyl (C=O) groups excluding carboxylic acids is 1. The zero-order valence-corrected chi connectivity index (χ0v) is 12.1. The first kappa shape index (κ1) is 17.6. The van der Waals surface area contributed by atoms with Crippen LogP contribution in [0.25, 0.3) is 0 Å². The van der Waals surface area contributed by atoms with Gasteiger partial charge in [0.05, 0.1) is 25.9 Å². The average molecular weight is 327 g/mol. The molecule has 1 aromatic carbocycles. The highest BCUT2D eigenvalue weighted by Gasteiger charge is 2.44. The quantitative estimate of drug-likeness (QED) is 0.645. The standard InChI is InChI=1S/C13H14ClF3O4/c1-3-4-21-12(19)13(14,17)8-5-7(6-18)9(15)11(20-2)10(8)16/h5,18H,3-4,6H2,1-2H3. The van der Waals surface area contributed by atoms with Gasteiger partial charge >= 0.3 is 11.1 Å². The molecule has 0 aliphatic heterocycles. The number of hydrogen-bond donors (Lipinski definition) is 1. The van der Waals surface area contributed by atoms with E-state index in [1.165, 1.54) is 0 Å². The predicted octanol–water partition coefficient (Wildman–Crippen LogP) is 2.78. The molecule has 0 radical (unpaired) electrons. The van der Waals surface area contributed by atoms with Gasteiger partial charge in [0.25, 0.3) is 0 Å². The van der Waals surface area contributed by atoms with Crippen LogP contribution in [0.4, 0.5) is 13.2 Å². The third kappa shape index (κ3) is 3.41. The lowest BCUT2D eigenvalue weighted by Crippen LogP contribution is -2.29. The maximum Gasteiger partial charge on any atom is 0.364 e. The van der Waals surface area contributed by atoms with Gasteiger partial charge in [-0.15, -0.1) is 0 Å². The molecule has 1 unspecified atom stereocenters. The van der Waals surface area contributed by atoms with Crippen LogP contribution in [0.1, 0.15) is 24.5 Å². The van der Waals surface area contributed by atoms with Crippen molar-refractivity contribution in [2.24, 2.45) is 0 Å². The normalized spacial score (nSPS) is 13.7. The number of methoxy groups -OCH3 is 1. The smallest absolute Gasteiger partial charge is 0.364 e. The molecule has 0 amide bonds. The summed E-state index contributed by atoms with van der Waals surface area (Å²) in [5.41, 5.74) is -1.44. The lowest BCUT2D eigenvalue weighted by atomic mass is 10.0. The van der Waals surface area contributed by atoms with Crippen LogP contribution < -0.4 is 4.74 Å². The minimum atomic E-state index is -3.36. The number of halogens is 4. The van der Waals surface area contributed by atoms with Gasteiger partial charge in [-0.1, -0.05) is 18.5 Å². The summed E-state index contributed by atoms with van der Waals surface area (Å²) in [6.45, 7) is 0.712. The number of esters is 1. The van der Waals surface area contributed by atoms with Crippen LogP contribution in [0.15, 0.2) is 6.07 Å². The van der Waals surface area contributed by atoms with Crippen LogP contribution in [-0.2, 0) is 21.3 Å². The van der Waals surface area contributed by atoms with Crippen LogP contribution in [0, 0.1) is 11.6 Å². The summed E-state index contributed by atoms with van der Waals surface area (Å²) < 4.78 is 51.1. The van der Waals surface area contributed by atoms with Crippen molar-refractivity contribution < 1.29 is 32.5 Å². The number of rotatable bonds is 6. The maximum absolute atomic E-state index is 14.4. The second-order valence-electron chi connectivity index (χ2n) is 4.11. The van der Waals surface area contributed by atoms with E-state index in [0.717, 1.165) is 7.11 Å². The van der Waals surface area contributed by atoms with Gasteiger partial charge in [0.15, 0.2) is 17.4 Å². The monoisotopic (exact) mass is 326 g/mol. The predicted molar refractivity (Wildman–Crippen MR) is 68.7 cm³/mol. The summed E-state index contributed by atoms with van der Waals surface area (Å²) in [6.07, 6.45) is 0.413. The van der Waals surface area contributed by atoms with Crippen molar-refractivity contribution in [1.29, 1.82) is 0 Å². The Kier molecular flexibility index (Phi) is 5.86. The van der Waals surface area contributed by atoms with Gasteiger partial charge in [-0.2, -0.15) is 0 Å². The molecule has 0 spiro atoms. The van der Waals surface area contributed by atoms with Crippen molar-refractivity contribution in [1.82, 2.24) is 0 Å². The molecule has 0 aliphatic carbocycles. The molecule has 8 heteroatoms. The van der Waals surface area contributed by atoms with Crippen molar-refractivity contribution in [3.05, 3.63) is 28.8 Å². The fourth-order valence-electron chi connectivity index (χ4n) is 1.58. The molecule has 0 saturated carbocycles. The van der Waals surface area contributed by atoms with Gasteiger partial charge in [-0.25, -0.2) is 18.0 Å². The molecule has 0 saturated heterocycles. The minimum absolute atomic E-state index is 0.107. The van der Waals surface area contributed by atoms with Gasteiger partial charge in [-0.05, 0) is 12.5 Å². The molecule has 4 nitrogen and oxygen atoms in total. The molecule has 0 bridgehead atoms. The highest BCUT2D eigenvalue weighted by Crippen LogP contribution is 2.39. The van der Waals surface area contributed by atoms with E-state index in [1.807, 2.05) is 0 Å². The summed E-state index contributed by atoms with van der Waals surface area (Å²) in [7, 11) is 0.954. The van der Waals surface area contributed by atoms with Crippen LogP contribution in [0.5, 0.6) is 5.75 Å². The molecular formula is C13H14ClF3O4. The summed E-state index contributed by atoms with van der Waals surface area (Å²) in [4.78, 5) is 11.6. The first-order valence-corrected chi connectivity index (χ1v) is 6.40. The fourth-order valence-corrected chi connectivity index (χ4v) is 1.78. The second kappa shape index (κ2) is 7.00. The highest BCUT2D eigenvalue weighted by molar-refractivity contribution is 6.32. The largest absolute Gasteiger partial charge is 0.491 e.